The summed E-state index contributed by atoms with van der Waals surface area (Å²) >= 11 is 0. The van der Waals surface area contributed by atoms with Crippen LogP contribution in [-0.4, -0.2) is 40.9 Å². The maximum Gasteiger partial charge on any atom is 0.300 e. The number of methoxy groups -OCH3 is 1. The number of nitrogens with zero attached hydrogens (tertiary/aromatic N) is 3. The van der Waals surface area contributed by atoms with Gasteiger partial charge in [0.25, 0.3) is 6.01 Å². The van der Waals surface area contributed by atoms with Crippen LogP contribution >= 0.6 is 0 Å². The van der Waals surface area contributed by atoms with Gasteiger partial charge in [-0.1, -0.05) is 12.1 Å². The van der Waals surface area contributed by atoms with Crippen LogP contribution in [0.4, 0.5) is 11.7 Å². The van der Waals surface area contributed by atoms with E-state index in [1.165, 1.54) is 4.68 Å². The molecule has 0 aliphatic heterocycles. The van der Waals surface area contributed by atoms with Gasteiger partial charge in [-0.2, -0.15) is 10.1 Å². The molecule has 0 spiro atoms. The van der Waals surface area contributed by atoms with Gasteiger partial charge in [0.1, 0.15) is 12.1 Å². The van der Waals surface area contributed by atoms with Crippen molar-refractivity contribution < 1.29 is 13.9 Å². The quantitative estimate of drug-likeness (QED) is 0.642. The van der Waals surface area contributed by atoms with Crippen molar-refractivity contribution in [3.8, 4) is 0 Å². The third-order valence-corrected chi connectivity index (χ3v) is 3.11. The first-order chi connectivity index (χ1) is 11.2. The summed E-state index contributed by atoms with van der Waals surface area (Å²) in [4.78, 5) is 16.0. The lowest BCUT2D eigenvalue weighted by molar-refractivity contribution is -0.122. The molecule has 0 aliphatic carbocycles. The Bertz CT molecular complexity index is 762. The second kappa shape index (κ2) is 6.93. The molecule has 8 nitrogen and oxygen atoms in total. The van der Waals surface area contributed by atoms with E-state index in [2.05, 4.69) is 20.7 Å². The number of hydrogen-bond donors (Lipinski definition) is 2. The fourth-order valence-electron chi connectivity index (χ4n) is 2.06. The van der Waals surface area contributed by atoms with Crippen LogP contribution in [0.5, 0.6) is 0 Å². The summed E-state index contributed by atoms with van der Waals surface area (Å²) in [5.74, 6) is -0.126. The molecule has 0 unspecified atom stereocenters. The van der Waals surface area contributed by atoms with Crippen LogP contribution in [-0.2, 0) is 16.1 Å². The van der Waals surface area contributed by atoms with Gasteiger partial charge in [0, 0.05) is 19.9 Å². The monoisotopic (exact) mass is 315 g/mol. The fourth-order valence-corrected chi connectivity index (χ4v) is 2.06. The Hall–Kier alpha value is -2.87. The van der Waals surface area contributed by atoms with Crippen molar-refractivity contribution in [2.75, 3.05) is 25.6 Å². The highest BCUT2D eigenvalue weighted by molar-refractivity contribution is 5.76. The molecule has 8 heteroatoms. The van der Waals surface area contributed by atoms with Crippen molar-refractivity contribution in [2.45, 2.75) is 6.54 Å². The molecule has 1 aromatic carbocycles. The summed E-state index contributed by atoms with van der Waals surface area (Å²) < 4.78 is 12.0. The number of para-hydroxylation sites is 2. The number of ether oxygens (including phenoxy) is 1. The van der Waals surface area contributed by atoms with Gasteiger partial charge < -0.3 is 19.8 Å². The van der Waals surface area contributed by atoms with Gasteiger partial charge in [-0.3, -0.25) is 9.48 Å². The number of nitrogens with one attached hydrogen (secondary N) is 2. The number of aromatic nitrogens is 3. The smallest absolute Gasteiger partial charge is 0.300 e. The number of carbonyl (C=O) groups excluding carboxylic acids is 1. The van der Waals surface area contributed by atoms with E-state index in [9.17, 15) is 4.79 Å². The highest BCUT2D eigenvalue weighted by Gasteiger charge is 2.08. The maximum atomic E-state index is 11.7. The molecule has 1 amide bonds. The molecule has 0 saturated heterocycles. The Morgan fingerprint density at radius 1 is 1.39 bits per heavy atom. The van der Waals surface area contributed by atoms with Gasteiger partial charge in [-0.05, 0) is 12.1 Å². The normalized spacial score (nSPS) is 10.8. The number of oxazole rings is 1. The Balaban J connectivity index is 1.59. The zero-order valence-corrected chi connectivity index (χ0v) is 12.7. The zero-order valence-electron chi connectivity index (χ0n) is 12.7. The minimum absolute atomic E-state index is 0.126. The van der Waals surface area contributed by atoms with Gasteiger partial charge in [0.05, 0.1) is 18.5 Å². The predicted octanol–water partition coefficient (Wildman–Crippen LogP) is 1.53. The lowest BCUT2D eigenvalue weighted by Crippen LogP contribution is -2.30. The number of amides is 1. The van der Waals surface area contributed by atoms with E-state index in [1.54, 1.807) is 19.5 Å². The average Bonchev–Trinajstić information content (AvgIpc) is 3.14. The molecule has 0 atom stereocenters. The molecular weight excluding hydrogens is 298 g/mol. The van der Waals surface area contributed by atoms with Gasteiger partial charge in [-0.15, -0.1) is 0 Å². The van der Waals surface area contributed by atoms with Crippen LogP contribution < -0.4 is 10.6 Å². The Labute approximate surface area is 132 Å². The molecule has 120 valence electrons. The van der Waals surface area contributed by atoms with E-state index in [0.717, 1.165) is 5.52 Å². The first-order valence-electron chi connectivity index (χ1n) is 7.15. The molecule has 2 heterocycles. The molecule has 3 rings (SSSR count). The molecule has 3 aromatic rings. The van der Waals surface area contributed by atoms with E-state index >= 15 is 0 Å². The highest BCUT2D eigenvalue weighted by atomic mass is 16.5. The maximum absolute atomic E-state index is 11.7. The van der Waals surface area contributed by atoms with E-state index < -0.39 is 0 Å². The summed E-state index contributed by atoms with van der Waals surface area (Å²) in [6, 6.07) is 7.89. The van der Waals surface area contributed by atoms with Crippen molar-refractivity contribution in [2.24, 2.45) is 0 Å². The Morgan fingerprint density at radius 3 is 3.09 bits per heavy atom. The summed E-state index contributed by atoms with van der Waals surface area (Å²) in [5.41, 5.74) is 2.18. The summed E-state index contributed by atoms with van der Waals surface area (Å²) in [6.45, 7) is 1.10. The first kappa shape index (κ1) is 15.0. The second-order valence-corrected chi connectivity index (χ2v) is 4.88. The summed E-state index contributed by atoms with van der Waals surface area (Å²) in [7, 11) is 1.59. The number of fused-ring (bicyclic) bond motifs is 1. The number of hydrogen-bond acceptors (Lipinski definition) is 6. The molecule has 2 aromatic heterocycles. The van der Waals surface area contributed by atoms with E-state index in [-0.39, 0.29) is 12.5 Å². The Kier molecular flexibility index (Phi) is 4.53. The number of benzene rings is 1. The number of carbonyl (C=O) groups is 1. The van der Waals surface area contributed by atoms with Crippen molar-refractivity contribution in [3.63, 3.8) is 0 Å². The summed E-state index contributed by atoms with van der Waals surface area (Å²) in [6.07, 6.45) is 3.32. The zero-order chi connectivity index (χ0) is 16.1. The number of rotatable bonds is 7. The molecule has 0 saturated carbocycles. The van der Waals surface area contributed by atoms with Crippen LogP contribution in [0.15, 0.2) is 41.1 Å². The van der Waals surface area contributed by atoms with E-state index in [4.69, 9.17) is 9.15 Å². The van der Waals surface area contributed by atoms with Crippen molar-refractivity contribution >= 4 is 28.7 Å². The fraction of sp³-hybridized carbons (Fsp3) is 0.267. The van der Waals surface area contributed by atoms with Crippen LogP contribution in [0.1, 0.15) is 0 Å². The van der Waals surface area contributed by atoms with Gasteiger partial charge in [0.15, 0.2) is 5.58 Å². The lowest BCUT2D eigenvalue weighted by Gasteiger charge is -2.04. The van der Waals surface area contributed by atoms with Crippen LogP contribution in [0.25, 0.3) is 11.1 Å². The minimum atomic E-state index is -0.126. The minimum Gasteiger partial charge on any atom is -0.423 e. The van der Waals surface area contributed by atoms with Crippen molar-refractivity contribution in [1.29, 1.82) is 0 Å². The van der Waals surface area contributed by atoms with Crippen LogP contribution in [0, 0.1) is 0 Å². The SMILES string of the molecule is COCCNC(=O)Cn1cc(Nc2nc3ccccc3o2)cn1. The molecule has 2 N–H and O–H groups in total. The topological polar surface area (TPSA) is 94.2 Å². The van der Waals surface area contributed by atoms with Crippen LogP contribution in [0.3, 0.4) is 0 Å². The predicted molar refractivity (Wildman–Crippen MR) is 84.4 cm³/mol. The molecule has 0 bridgehead atoms. The standard InChI is InChI=1S/C15H17N5O3/c1-22-7-6-16-14(21)10-20-9-11(8-17-20)18-15-19-12-4-2-3-5-13(12)23-15/h2-5,8-9H,6-7,10H2,1H3,(H,16,21)(H,18,19). The van der Waals surface area contributed by atoms with Crippen LogP contribution in [0.2, 0.25) is 0 Å². The largest absolute Gasteiger partial charge is 0.423 e. The third kappa shape index (κ3) is 3.86. The lowest BCUT2D eigenvalue weighted by atomic mass is 10.3. The molecule has 0 fully saturated rings. The molecular formula is C15H17N5O3. The summed E-state index contributed by atoms with van der Waals surface area (Å²) in [5, 5.41) is 9.89. The third-order valence-electron chi connectivity index (χ3n) is 3.11. The molecule has 0 radical (unpaired) electrons. The average molecular weight is 315 g/mol. The highest BCUT2D eigenvalue weighted by Crippen LogP contribution is 2.21. The van der Waals surface area contributed by atoms with Gasteiger partial charge in [-0.25, -0.2) is 0 Å². The first-order valence-corrected chi connectivity index (χ1v) is 7.15. The second-order valence-electron chi connectivity index (χ2n) is 4.88. The van der Waals surface area contributed by atoms with E-state index in [1.807, 2.05) is 24.3 Å². The molecule has 23 heavy (non-hydrogen) atoms. The molecule has 0 aliphatic rings. The number of anilines is 2. The van der Waals surface area contributed by atoms with Crippen molar-refractivity contribution in [1.82, 2.24) is 20.1 Å². The van der Waals surface area contributed by atoms with Gasteiger partial charge in [0.2, 0.25) is 5.91 Å². The van der Waals surface area contributed by atoms with Crippen molar-refractivity contribution in [3.05, 3.63) is 36.7 Å². The van der Waals surface area contributed by atoms with Gasteiger partial charge >= 0.3 is 0 Å². The Morgan fingerprint density at radius 2 is 2.26 bits per heavy atom. The van der Waals surface area contributed by atoms with E-state index in [0.29, 0.717) is 30.4 Å².